The molecule has 0 radical (unpaired) electrons. The summed E-state index contributed by atoms with van der Waals surface area (Å²) >= 11 is 0. The van der Waals surface area contributed by atoms with E-state index in [-0.39, 0.29) is 11.5 Å². The molecule has 0 aliphatic carbocycles. The Morgan fingerprint density at radius 2 is 1.88 bits per heavy atom. The summed E-state index contributed by atoms with van der Waals surface area (Å²) in [7, 11) is 1.67. The maximum absolute atomic E-state index is 5.66. The van der Waals surface area contributed by atoms with Crippen LogP contribution in [0.4, 0.5) is 0 Å². The Hall–Kier alpha value is -1.51. The highest BCUT2D eigenvalue weighted by atomic mass is 16.5. The molecule has 0 aromatic heterocycles. The number of hydrogen-bond acceptors (Lipinski definition) is 3. The maximum atomic E-state index is 5.66. The highest BCUT2D eigenvalue weighted by Gasteiger charge is 2.28. The van der Waals surface area contributed by atoms with Crippen LogP contribution in [0.3, 0.4) is 0 Å². The van der Waals surface area contributed by atoms with Crippen LogP contribution >= 0.6 is 0 Å². The number of ether oxygens (including phenoxy) is 2. The second-order valence-corrected chi connectivity index (χ2v) is 5.28. The Labute approximate surface area is 102 Å². The molecule has 0 saturated carbocycles. The summed E-state index contributed by atoms with van der Waals surface area (Å²) in [4.78, 5) is 4.64. The van der Waals surface area contributed by atoms with Gasteiger partial charge in [-0.25, -0.2) is 4.99 Å². The number of methoxy groups -OCH3 is 1. The van der Waals surface area contributed by atoms with Gasteiger partial charge in [0.15, 0.2) is 5.90 Å². The van der Waals surface area contributed by atoms with E-state index >= 15 is 0 Å². The van der Waals surface area contributed by atoms with Crippen molar-refractivity contribution < 1.29 is 9.47 Å². The van der Waals surface area contributed by atoms with E-state index in [0.717, 1.165) is 11.6 Å². The molecule has 1 aliphatic heterocycles. The predicted octanol–water partition coefficient (Wildman–Crippen LogP) is 3.21. The van der Waals surface area contributed by atoms with Crippen molar-refractivity contribution in [3.8, 4) is 5.75 Å². The molecular weight excluding hydrogens is 214 g/mol. The van der Waals surface area contributed by atoms with Gasteiger partial charge in [0, 0.05) is 5.41 Å². The van der Waals surface area contributed by atoms with Crippen LogP contribution in [-0.2, 0) is 4.74 Å². The molecule has 92 valence electrons. The number of aliphatic imine (C=N–C) groups is 1. The smallest absolute Gasteiger partial charge is 0.189 e. The van der Waals surface area contributed by atoms with Gasteiger partial charge in [-0.15, -0.1) is 0 Å². The van der Waals surface area contributed by atoms with E-state index in [1.165, 1.54) is 5.56 Å². The van der Waals surface area contributed by atoms with Gasteiger partial charge in [0.2, 0.25) is 0 Å². The fourth-order valence-corrected chi connectivity index (χ4v) is 1.78. The molecular formula is C14H19NO2. The fraction of sp³-hybridized carbons (Fsp3) is 0.500. The molecule has 0 saturated heterocycles. The van der Waals surface area contributed by atoms with Crippen LogP contribution in [0.15, 0.2) is 29.3 Å². The minimum atomic E-state index is -0.0127. The maximum Gasteiger partial charge on any atom is 0.189 e. The third-order valence-electron chi connectivity index (χ3n) is 2.79. The Bertz CT molecular complexity index is 415. The summed E-state index contributed by atoms with van der Waals surface area (Å²) in [5.74, 6) is 1.71. The van der Waals surface area contributed by atoms with Crippen molar-refractivity contribution in [3.63, 3.8) is 0 Å². The lowest BCUT2D eigenvalue weighted by molar-refractivity contribution is 0.283. The lowest BCUT2D eigenvalue weighted by Gasteiger charge is -2.16. The normalized spacial score (nSPS) is 19.8. The zero-order chi connectivity index (χ0) is 12.5. The van der Waals surface area contributed by atoms with Crippen molar-refractivity contribution in [1.29, 1.82) is 0 Å². The Kier molecular flexibility index (Phi) is 3.09. The molecule has 1 aromatic carbocycles. The summed E-state index contributed by atoms with van der Waals surface area (Å²) in [5.41, 5.74) is 1.16. The van der Waals surface area contributed by atoms with Crippen molar-refractivity contribution in [2.75, 3.05) is 13.7 Å². The molecule has 0 unspecified atom stereocenters. The van der Waals surface area contributed by atoms with Crippen molar-refractivity contribution in [3.05, 3.63) is 29.8 Å². The molecule has 1 atom stereocenters. The molecule has 2 rings (SSSR count). The quantitative estimate of drug-likeness (QED) is 0.785. The highest BCUT2D eigenvalue weighted by molar-refractivity contribution is 5.83. The van der Waals surface area contributed by atoms with E-state index in [1.807, 2.05) is 24.3 Å². The minimum Gasteiger partial charge on any atom is -0.497 e. The molecule has 0 amide bonds. The summed E-state index contributed by atoms with van der Waals surface area (Å²) < 4.78 is 10.8. The first-order valence-electron chi connectivity index (χ1n) is 5.86. The Morgan fingerprint density at radius 3 is 2.35 bits per heavy atom. The predicted molar refractivity (Wildman–Crippen MR) is 68.6 cm³/mol. The molecule has 0 fully saturated rings. The van der Waals surface area contributed by atoms with Gasteiger partial charge in [-0.2, -0.15) is 0 Å². The Morgan fingerprint density at radius 1 is 1.24 bits per heavy atom. The van der Waals surface area contributed by atoms with Crippen LogP contribution in [0.25, 0.3) is 0 Å². The van der Waals surface area contributed by atoms with Crippen LogP contribution in [0, 0.1) is 5.41 Å². The molecule has 0 N–H and O–H groups in total. The first-order valence-corrected chi connectivity index (χ1v) is 5.86. The SMILES string of the molecule is COc1ccc([C@H]2COC(C(C)(C)C)=N2)cc1. The standard InChI is InChI=1S/C14H19NO2/c1-14(2,3)13-15-12(9-17-13)10-5-7-11(16-4)8-6-10/h5-8,12H,9H2,1-4H3/t12-/m1/s1. The van der Waals surface area contributed by atoms with Gasteiger partial charge >= 0.3 is 0 Å². The number of hydrogen-bond donors (Lipinski definition) is 0. The molecule has 3 heteroatoms. The van der Waals surface area contributed by atoms with Gasteiger partial charge in [-0.05, 0) is 17.7 Å². The van der Waals surface area contributed by atoms with Crippen molar-refractivity contribution >= 4 is 5.90 Å². The van der Waals surface area contributed by atoms with Gasteiger partial charge < -0.3 is 9.47 Å². The van der Waals surface area contributed by atoms with Crippen molar-refractivity contribution in [2.24, 2.45) is 10.4 Å². The van der Waals surface area contributed by atoms with E-state index in [4.69, 9.17) is 9.47 Å². The van der Waals surface area contributed by atoms with Crippen molar-refractivity contribution in [2.45, 2.75) is 26.8 Å². The highest BCUT2D eigenvalue weighted by Crippen LogP contribution is 2.30. The van der Waals surface area contributed by atoms with Crippen LogP contribution in [0.2, 0.25) is 0 Å². The molecule has 3 nitrogen and oxygen atoms in total. The zero-order valence-corrected chi connectivity index (χ0v) is 10.9. The van der Waals surface area contributed by atoms with Gasteiger partial charge in [0.25, 0.3) is 0 Å². The van der Waals surface area contributed by atoms with Gasteiger partial charge in [-0.1, -0.05) is 32.9 Å². The average Bonchev–Trinajstić information content (AvgIpc) is 2.78. The largest absolute Gasteiger partial charge is 0.497 e. The first kappa shape index (κ1) is 12.0. The summed E-state index contributed by atoms with van der Waals surface area (Å²) in [5, 5.41) is 0. The summed E-state index contributed by atoms with van der Waals surface area (Å²) in [6, 6.07) is 8.12. The second-order valence-electron chi connectivity index (χ2n) is 5.28. The van der Waals surface area contributed by atoms with E-state index in [0.29, 0.717) is 6.61 Å². The number of rotatable bonds is 2. The van der Waals surface area contributed by atoms with Crippen LogP contribution in [0.1, 0.15) is 32.4 Å². The lowest BCUT2D eigenvalue weighted by atomic mass is 9.97. The lowest BCUT2D eigenvalue weighted by Crippen LogP contribution is -2.20. The topological polar surface area (TPSA) is 30.8 Å². The van der Waals surface area contributed by atoms with Crippen LogP contribution < -0.4 is 4.74 Å². The Balaban J connectivity index is 2.16. The van der Waals surface area contributed by atoms with Crippen molar-refractivity contribution in [1.82, 2.24) is 0 Å². The molecule has 1 heterocycles. The monoisotopic (exact) mass is 233 g/mol. The second kappa shape index (κ2) is 4.40. The third kappa shape index (κ3) is 2.60. The van der Waals surface area contributed by atoms with Gasteiger partial charge in [0.1, 0.15) is 18.4 Å². The van der Waals surface area contributed by atoms with E-state index in [2.05, 4.69) is 25.8 Å². The van der Waals surface area contributed by atoms with Gasteiger partial charge in [-0.3, -0.25) is 0 Å². The number of benzene rings is 1. The van der Waals surface area contributed by atoms with Crippen LogP contribution in [0.5, 0.6) is 5.75 Å². The van der Waals surface area contributed by atoms with E-state index in [1.54, 1.807) is 7.11 Å². The third-order valence-corrected chi connectivity index (χ3v) is 2.79. The summed E-state index contributed by atoms with van der Waals surface area (Å²) in [6.45, 7) is 6.98. The van der Waals surface area contributed by atoms with Gasteiger partial charge in [0.05, 0.1) is 7.11 Å². The van der Waals surface area contributed by atoms with E-state index in [9.17, 15) is 0 Å². The molecule has 1 aromatic rings. The number of nitrogens with zero attached hydrogens (tertiary/aromatic N) is 1. The molecule has 1 aliphatic rings. The first-order chi connectivity index (χ1) is 8.00. The molecule has 0 spiro atoms. The van der Waals surface area contributed by atoms with E-state index < -0.39 is 0 Å². The summed E-state index contributed by atoms with van der Waals surface area (Å²) in [6.07, 6.45) is 0. The fourth-order valence-electron chi connectivity index (χ4n) is 1.78. The average molecular weight is 233 g/mol. The molecule has 0 bridgehead atoms. The minimum absolute atomic E-state index is 0.0127. The van der Waals surface area contributed by atoms with Crippen LogP contribution in [-0.4, -0.2) is 19.6 Å². The molecule has 17 heavy (non-hydrogen) atoms. The zero-order valence-electron chi connectivity index (χ0n) is 10.9.